The van der Waals surface area contributed by atoms with E-state index < -0.39 is 0 Å². The Hall–Kier alpha value is -2.21. The van der Waals surface area contributed by atoms with E-state index in [1.165, 1.54) is 0 Å². The van der Waals surface area contributed by atoms with E-state index >= 15 is 0 Å². The number of hydrazone groups is 1. The third-order valence-electron chi connectivity index (χ3n) is 4.35. The second-order valence-electron chi connectivity index (χ2n) is 5.86. The lowest BCUT2D eigenvalue weighted by Crippen LogP contribution is -2.31. The molecule has 0 bridgehead atoms. The number of amides is 2. The first-order valence-electron chi connectivity index (χ1n) is 7.98. The molecule has 6 nitrogen and oxygen atoms in total. The number of likely N-dealkylation sites (N-methyl/N-ethyl adjacent to an activating group) is 1. The highest BCUT2D eigenvalue weighted by atomic mass is 16.5. The molecule has 0 spiro atoms. The van der Waals surface area contributed by atoms with Gasteiger partial charge in [0.15, 0.2) is 0 Å². The van der Waals surface area contributed by atoms with Gasteiger partial charge in [-0.3, -0.25) is 9.59 Å². The first kappa shape index (κ1) is 15.7. The van der Waals surface area contributed by atoms with Crippen LogP contribution in [0.3, 0.4) is 0 Å². The SMILES string of the molecule is CCC(=NNC(=O)C1CCCO1)c1ccc2c(c1)CC(=O)N2C. The highest BCUT2D eigenvalue weighted by Crippen LogP contribution is 2.28. The molecule has 2 amide bonds. The largest absolute Gasteiger partial charge is 0.368 e. The second kappa shape index (κ2) is 6.50. The third-order valence-corrected chi connectivity index (χ3v) is 4.35. The molecule has 1 aromatic carbocycles. The number of hydrogen-bond acceptors (Lipinski definition) is 4. The summed E-state index contributed by atoms with van der Waals surface area (Å²) in [6.07, 6.45) is 2.38. The number of carbonyl (C=O) groups is 2. The predicted molar refractivity (Wildman–Crippen MR) is 87.5 cm³/mol. The molecule has 1 aromatic rings. The van der Waals surface area contributed by atoms with Crippen molar-refractivity contribution in [1.82, 2.24) is 5.43 Å². The number of benzene rings is 1. The van der Waals surface area contributed by atoms with E-state index in [0.717, 1.165) is 35.4 Å². The van der Waals surface area contributed by atoms with Gasteiger partial charge in [0.25, 0.3) is 5.91 Å². The molecule has 1 fully saturated rings. The smallest absolute Gasteiger partial charge is 0.269 e. The van der Waals surface area contributed by atoms with Gasteiger partial charge in [-0.2, -0.15) is 5.10 Å². The first-order valence-corrected chi connectivity index (χ1v) is 7.98. The van der Waals surface area contributed by atoms with E-state index in [2.05, 4.69) is 10.5 Å². The van der Waals surface area contributed by atoms with Crippen LogP contribution >= 0.6 is 0 Å². The molecule has 1 unspecified atom stereocenters. The zero-order valence-corrected chi connectivity index (χ0v) is 13.5. The van der Waals surface area contributed by atoms with Gasteiger partial charge < -0.3 is 9.64 Å². The number of fused-ring (bicyclic) bond motifs is 1. The van der Waals surface area contributed by atoms with E-state index in [4.69, 9.17) is 4.74 Å². The molecular weight excluding hydrogens is 294 g/mol. The summed E-state index contributed by atoms with van der Waals surface area (Å²) in [5.41, 5.74) is 6.27. The number of anilines is 1. The average Bonchev–Trinajstić information content (AvgIpc) is 3.17. The lowest BCUT2D eigenvalue weighted by molar-refractivity contribution is -0.130. The van der Waals surface area contributed by atoms with Crippen molar-refractivity contribution in [3.63, 3.8) is 0 Å². The minimum absolute atomic E-state index is 0.0961. The Bertz CT molecular complexity index is 663. The van der Waals surface area contributed by atoms with Gasteiger partial charge in [-0.15, -0.1) is 0 Å². The monoisotopic (exact) mass is 315 g/mol. The summed E-state index contributed by atoms with van der Waals surface area (Å²) in [6.45, 7) is 2.62. The highest BCUT2D eigenvalue weighted by Gasteiger charge is 2.25. The molecule has 6 heteroatoms. The van der Waals surface area contributed by atoms with Crippen molar-refractivity contribution in [2.24, 2.45) is 5.10 Å². The van der Waals surface area contributed by atoms with E-state index in [0.29, 0.717) is 19.4 Å². The molecule has 1 saturated heterocycles. The predicted octanol–water partition coefficient (Wildman–Crippen LogP) is 1.61. The van der Waals surface area contributed by atoms with Crippen LogP contribution in [0.1, 0.15) is 37.3 Å². The van der Waals surface area contributed by atoms with Gasteiger partial charge in [0.2, 0.25) is 5.91 Å². The average molecular weight is 315 g/mol. The molecule has 0 radical (unpaired) electrons. The van der Waals surface area contributed by atoms with Crippen molar-refractivity contribution in [1.29, 1.82) is 0 Å². The number of carbonyl (C=O) groups excluding carboxylic acids is 2. The standard InChI is InChI=1S/C17H21N3O3/c1-3-13(18-19-17(22)15-5-4-8-23-15)11-6-7-14-12(9-11)10-16(21)20(14)2/h6-7,9,15H,3-5,8,10H2,1-2H3,(H,19,22). The second-order valence-corrected chi connectivity index (χ2v) is 5.86. The number of nitrogens with zero attached hydrogens (tertiary/aromatic N) is 2. The van der Waals surface area contributed by atoms with Crippen molar-refractivity contribution in [2.75, 3.05) is 18.6 Å². The van der Waals surface area contributed by atoms with Crippen LogP contribution in [0.5, 0.6) is 0 Å². The summed E-state index contributed by atoms with van der Waals surface area (Å²) in [5, 5.41) is 4.26. The quantitative estimate of drug-likeness (QED) is 0.678. The zero-order chi connectivity index (χ0) is 16.4. The lowest BCUT2D eigenvalue weighted by atomic mass is 10.0. The summed E-state index contributed by atoms with van der Waals surface area (Å²) in [4.78, 5) is 25.4. The van der Waals surface area contributed by atoms with Crippen LogP contribution in [0.2, 0.25) is 0 Å². The number of ether oxygens (including phenoxy) is 1. The fourth-order valence-corrected chi connectivity index (χ4v) is 2.98. The third kappa shape index (κ3) is 3.12. The number of nitrogens with one attached hydrogen (secondary N) is 1. The molecule has 2 aliphatic heterocycles. The Labute approximate surface area is 135 Å². The maximum atomic E-state index is 12.0. The molecule has 0 aromatic heterocycles. The van der Waals surface area contributed by atoms with Gasteiger partial charge in [-0.1, -0.05) is 13.0 Å². The van der Waals surface area contributed by atoms with Gasteiger partial charge in [-0.05, 0) is 42.5 Å². The van der Waals surface area contributed by atoms with Gasteiger partial charge in [0.1, 0.15) is 6.10 Å². The van der Waals surface area contributed by atoms with Gasteiger partial charge in [0, 0.05) is 19.3 Å². The highest BCUT2D eigenvalue weighted by molar-refractivity contribution is 6.05. The molecule has 2 aliphatic rings. The maximum absolute atomic E-state index is 12.0. The molecule has 1 atom stereocenters. The number of rotatable bonds is 4. The minimum atomic E-state index is -0.386. The fraction of sp³-hybridized carbons (Fsp3) is 0.471. The van der Waals surface area contributed by atoms with Crippen molar-refractivity contribution < 1.29 is 14.3 Å². The first-order chi connectivity index (χ1) is 11.1. The van der Waals surface area contributed by atoms with E-state index in [1.807, 2.05) is 25.1 Å². The van der Waals surface area contributed by atoms with Crippen molar-refractivity contribution in [3.8, 4) is 0 Å². The van der Waals surface area contributed by atoms with Crippen molar-refractivity contribution >= 4 is 23.2 Å². The molecular formula is C17H21N3O3. The molecule has 0 aliphatic carbocycles. The van der Waals surface area contributed by atoms with Gasteiger partial charge in [0.05, 0.1) is 12.1 Å². The molecule has 0 saturated carbocycles. The van der Waals surface area contributed by atoms with Crippen LogP contribution in [0.4, 0.5) is 5.69 Å². The summed E-state index contributed by atoms with van der Waals surface area (Å²) < 4.78 is 5.35. The normalized spacial score (nSPS) is 20.8. The Morgan fingerprint density at radius 2 is 2.30 bits per heavy atom. The lowest BCUT2D eigenvalue weighted by Gasteiger charge is -2.12. The Balaban J connectivity index is 1.76. The van der Waals surface area contributed by atoms with Crippen LogP contribution in [-0.4, -0.2) is 37.3 Å². The van der Waals surface area contributed by atoms with E-state index in [-0.39, 0.29) is 17.9 Å². The van der Waals surface area contributed by atoms with E-state index in [1.54, 1.807) is 11.9 Å². The minimum Gasteiger partial charge on any atom is -0.368 e. The summed E-state index contributed by atoms with van der Waals surface area (Å²) >= 11 is 0. The summed E-state index contributed by atoms with van der Waals surface area (Å²) in [6, 6.07) is 5.86. The maximum Gasteiger partial charge on any atom is 0.269 e. The van der Waals surface area contributed by atoms with Gasteiger partial charge in [-0.25, -0.2) is 5.43 Å². The Kier molecular flexibility index (Phi) is 4.43. The van der Waals surface area contributed by atoms with E-state index in [9.17, 15) is 9.59 Å². The van der Waals surface area contributed by atoms with Crippen LogP contribution < -0.4 is 10.3 Å². The van der Waals surface area contributed by atoms with Crippen LogP contribution in [-0.2, 0) is 20.7 Å². The molecule has 3 rings (SSSR count). The molecule has 122 valence electrons. The molecule has 1 N–H and O–H groups in total. The summed E-state index contributed by atoms with van der Waals surface area (Å²) in [7, 11) is 1.78. The fourth-order valence-electron chi connectivity index (χ4n) is 2.98. The molecule has 2 heterocycles. The Morgan fingerprint density at radius 3 is 3.00 bits per heavy atom. The Morgan fingerprint density at radius 1 is 1.48 bits per heavy atom. The zero-order valence-electron chi connectivity index (χ0n) is 13.5. The summed E-state index contributed by atoms with van der Waals surface area (Å²) in [5.74, 6) is -0.0941. The number of hydrogen-bond donors (Lipinski definition) is 1. The van der Waals surface area contributed by atoms with Crippen LogP contribution in [0, 0.1) is 0 Å². The van der Waals surface area contributed by atoms with Crippen molar-refractivity contribution in [3.05, 3.63) is 29.3 Å². The van der Waals surface area contributed by atoms with Gasteiger partial charge >= 0.3 is 0 Å². The topological polar surface area (TPSA) is 71.0 Å². The molecule has 23 heavy (non-hydrogen) atoms. The van der Waals surface area contributed by atoms with Crippen LogP contribution in [0.15, 0.2) is 23.3 Å². The van der Waals surface area contributed by atoms with Crippen molar-refractivity contribution in [2.45, 2.75) is 38.7 Å². The van der Waals surface area contributed by atoms with Crippen LogP contribution in [0.25, 0.3) is 0 Å².